The molecule has 0 saturated heterocycles. The fourth-order valence-corrected chi connectivity index (χ4v) is 2.25. The SMILES string of the molecule is ON=C(CNC1=NCCN1)c1c(Cl)cccc1Cl. The first-order chi connectivity index (χ1) is 8.72. The average Bonchev–Trinajstić information content (AvgIpc) is 2.86. The summed E-state index contributed by atoms with van der Waals surface area (Å²) in [4.78, 5) is 4.17. The number of halogens is 2. The van der Waals surface area contributed by atoms with Crippen molar-refractivity contribution in [1.82, 2.24) is 10.6 Å². The predicted octanol–water partition coefficient (Wildman–Crippen LogP) is 1.72. The van der Waals surface area contributed by atoms with Gasteiger partial charge in [-0.25, -0.2) is 0 Å². The summed E-state index contributed by atoms with van der Waals surface area (Å²) in [5.74, 6) is 0.680. The van der Waals surface area contributed by atoms with Gasteiger partial charge in [0.1, 0.15) is 5.71 Å². The van der Waals surface area contributed by atoms with Crippen molar-refractivity contribution in [1.29, 1.82) is 0 Å². The molecule has 1 aliphatic rings. The third kappa shape index (κ3) is 2.86. The molecule has 0 aromatic heterocycles. The molecule has 0 fully saturated rings. The lowest BCUT2D eigenvalue weighted by molar-refractivity contribution is 0.318. The highest BCUT2D eigenvalue weighted by Crippen LogP contribution is 2.24. The predicted molar refractivity (Wildman–Crippen MR) is 73.1 cm³/mol. The zero-order valence-electron chi connectivity index (χ0n) is 9.45. The molecule has 0 radical (unpaired) electrons. The Hall–Kier alpha value is -1.46. The minimum absolute atomic E-state index is 0.284. The maximum Gasteiger partial charge on any atom is 0.191 e. The molecule has 1 heterocycles. The van der Waals surface area contributed by atoms with Crippen LogP contribution in [0.25, 0.3) is 0 Å². The van der Waals surface area contributed by atoms with Crippen molar-refractivity contribution in [2.75, 3.05) is 19.6 Å². The maximum atomic E-state index is 9.07. The second kappa shape index (κ2) is 5.93. The van der Waals surface area contributed by atoms with E-state index in [1.807, 2.05) is 0 Å². The largest absolute Gasteiger partial charge is 0.411 e. The molecule has 0 unspecified atom stereocenters. The fourth-order valence-electron chi connectivity index (χ4n) is 1.63. The molecule has 7 heteroatoms. The fraction of sp³-hybridized carbons (Fsp3) is 0.273. The van der Waals surface area contributed by atoms with Crippen LogP contribution in [0.5, 0.6) is 0 Å². The van der Waals surface area contributed by atoms with Gasteiger partial charge in [-0.15, -0.1) is 0 Å². The summed E-state index contributed by atoms with van der Waals surface area (Å²) < 4.78 is 0. The summed E-state index contributed by atoms with van der Waals surface area (Å²) >= 11 is 12.1. The van der Waals surface area contributed by atoms with Gasteiger partial charge in [0.15, 0.2) is 5.96 Å². The highest BCUT2D eigenvalue weighted by molar-refractivity contribution is 6.40. The number of hydrogen-bond donors (Lipinski definition) is 3. The summed E-state index contributed by atoms with van der Waals surface area (Å²) in [6.07, 6.45) is 0. The van der Waals surface area contributed by atoms with Crippen LogP contribution in [-0.4, -0.2) is 36.5 Å². The topological polar surface area (TPSA) is 69.0 Å². The van der Waals surface area contributed by atoms with Crippen LogP contribution in [-0.2, 0) is 0 Å². The molecule has 5 nitrogen and oxygen atoms in total. The highest BCUT2D eigenvalue weighted by atomic mass is 35.5. The van der Waals surface area contributed by atoms with E-state index in [9.17, 15) is 0 Å². The number of hydrogen-bond acceptors (Lipinski definition) is 5. The summed E-state index contributed by atoms with van der Waals surface area (Å²) in [6.45, 7) is 1.83. The van der Waals surface area contributed by atoms with Crippen molar-refractivity contribution in [2.24, 2.45) is 10.1 Å². The Balaban J connectivity index is 2.13. The maximum absolute atomic E-state index is 9.07. The molecule has 18 heavy (non-hydrogen) atoms. The lowest BCUT2D eigenvalue weighted by atomic mass is 10.1. The van der Waals surface area contributed by atoms with E-state index in [0.717, 1.165) is 13.1 Å². The molecular weight excluding hydrogens is 275 g/mol. The normalized spacial score (nSPS) is 15.2. The molecule has 0 atom stereocenters. The van der Waals surface area contributed by atoms with Crippen LogP contribution in [0, 0.1) is 0 Å². The number of rotatable bonds is 3. The van der Waals surface area contributed by atoms with Gasteiger partial charge in [-0.2, -0.15) is 0 Å². The van der Waals surface area contributed by atoms with Gasteiger partial charge in [-0.3, -0.25) is 4.99 Å². The number of benzene rings is 1. The van der Waals surface area contributed by atoms with E-state index in [4.69, 9.17) is 28.4 Å². The van der Waals surface area contributed by atoms with Crippen LogP contribution in [0.15, 0.2) is 28.3 Å². The third-order valence-corrected chi connectivity index (χ3v) is 3.10. The standard InChI is InChI=1S/C11H12Cl2N4O/c12-7-2-1-3-8(13)10(7)9(17-18)6-16-11-14-4-5-15-11/h1-3,18H,4-6H2,(H2,14,15,16). The van der Waals surface area contributed by atoms with Gasteiger partial charge >= 0.3 is 0 Å². The smallest absolute Gasteiger partial charge is 0.191 e. The highest BCUT2D eigenvalue weighted by Gasteiger charge is 2.14. The second-order valence-corrected chi connectivity index (χ2v) is 4.47. The van der Waals surface area contributed by atoms with Gasteiger partial charge in [-0.05, 0) is 12.1 Å². The van der Waals surface area contributed by atoms with Crippen molar-refractivity contribution in [3.05, 3.63) is 33.8 Å². The second-order valence-electron chi connectivity index (χ2n) is 3.65. The van der Waals surface area contributed by atoms with Gasteiger partial charge in [0.25, 0.3) is 0 Å². The van der Waals surface area contributed by atoms with E-state index in [-0.39, 0.29) is 6.54 Å². The molecule has 0 amide bonds. The lowest BCUT2D eigenvalue weighted by Gasteiger charge is -2.11. The molecule has 1 aromatic carbocycles. The van der Waals surface area contributed by atoms with Crippen molar-refractivity contribution >= 4 is 34.9 Å². The van der Waals surface area contributed by atoms with Gasteiger partial charge in [0.05, 0.1) is 23.1 Å². The van der Waals surface area contributed by atoms with Crippen molar-refractivity contribution in [2.45, 2.75) is 0 Å². The van der Waals surface area contributed by atoms with E-state index < -0.39 is 0 Å². The van der Waals surface area contributed by atoms with E-state index in [1.54, 1.807) is 18.2 Å². The van der Waals surface area contributed by atoms with E-state index >= 15 is 0 Å². The summed E-state index contributed by atoms with van der Waals surface area (Å²) in [7, 11) is 0. The average molecular weight is 287 g/mol. The zero-order valence-corrected chi connectivity index (χ0v) is 11.0. The first-order valence-corrected chi connectivity index (χ1v) is 6.15. The number of nitrogens with zero attached hydrogens (tertiary/aromatic N) is 2. The number of aliphatic imine (C=N–C) groups is 1. The molecule has 2 rings (SSSR count). The number of guanidine groups is 1. The molecule has 0 spiro atoms. The van der Waals surface area contributed by atoms with Crippen molar-refractivity contribution in [3.63, 3.8) is 0 Å². The summed E-state index contributed by atoms with van der Waals surface area (Å²) in [5, 5.41) is 19.3. The van der Waals surface area contributed by atoms with Crippen molar-refractivity contribution < 1.29 is 5.21 Å². The Morgan fingerprint density at radius 3 is 2.72 bits per heavy atom. The summed E-state index contributed by atoms with van der Waals surface area (Å²) in [6, 6.07) is 5.12. The molecule has 1 aromatic rings. The van der Waals surface area contributed by atoms with Gasteiger partial charge in [0, 0.05) is 12.1 Å². The Morgan fingerprint density at radius 2 is 2.17 bits per heavy atom. The van der Waals surface area contributed by atoms with Crippen LogP contribution in [0.2, 0.25) is 10.0 Å². The Labute approximate surface area is 114 Å². The minimum Gasteiger partial charge on any atom is -0.411 e. The van der Waals surface area contributed by atoms with Crippen LogP contribution in [0.3, 0.4) is 0 Å². The Bertz CT molecular complexity index is 482. The molecular formula is C11H12Cl2N4O. The molecule has 96 valence electrons. The van der Waals surface area contributed by atoms with Crippen LogP contribution in [0.4, 0.5) is 0 Å². The number of oxime groups is 1. The first-order valence-electron chi connectivity index (χ1n) is 5.40. The van der Waals surface area contributed by atoms with E-state index in [0.29, 0.717) is 27.3 Å². The first kappa shape index (κ1) is 13.0. The monoisotopic (exact) mass is 286 g/mol. The van der Waals surface area contributed by atoms with Crippen LogP contribution < -0.4 is 10.6 Å². The Kier molecular flexibility index (Phi) is 4.28. The molecule has 3 N–H and O–H groups in total. The lowest BCUT2D eigenvalue weighted by Crippen LogP contribution is -2.37. The minimum atomic E-state index is 0.284. The van der Waals surface area contributed by atoms with E-state index in [2.05, 4.69) is 20.8 Å². The van der Waals surface area contributed by atoms with Gasteiger partial charge in [0.2, 0.25) is 0 Å². The van der Waals surface area contributed by atoms with Crippen LogP contribution >= 0.6 is 23.2 Å². The molecule has 1 aliphatic heterocycles. The molecule has 0 bridgehead atoms. The molecule has 0 aliphatic carbocycles. The van der Waals surface area contributed by atoms with Gasteiger partial charge < -0.3 is 15.8 Å². The number of nitrogens with one attached hydrogen (secondary N) is 2. The Morgan fingerprint density at radius 1 is 1.44 bits per heavy atom. The quantitative estimate of drug-likeness (QED) is 0.450. The van der Waals surface area contributed by atoms with Gasteiger partial charge in [-0.1, -0.05) is 34.4 Å². The van der Waals surface area contributed by atoms with Crippen molar-refractivity contribution in [3.8, 4) is 0 Å². The van der Waals surface area contributed by atoms with E-state index in [1.165, 1.54) is 0 Å². The zero-order chi connectivity index (χ0) is 13.0. The van der Waals surface area contributed by atoms with Crippen LogP contribution in [0.1, 0.15) is 5.56 Å². The third-order valence-electron chi connectivity index (χ3n) is 2.47. The molecule has 0 saturated carbocycles. The summed E-state index contributed by atoms with van der Waals surface area (Å²) in [5.41, 5.74) is 0.886.